The molecule has 182 valence electrons. The SMILES string of the molecule is COC(=O)c1ccc2c(=O)[nH]c(CSc3nnc(COc4ccccc4)n3CCC(C)C)nc2c1. The van der Waals surface area contributed by atoms with Crippen LogP contribution in [0.2, 0.25) is 0 Å². The summed E-state index contributed by atoms with van der Waals surface area (Å²) in [6.07, 6.45) is 0.964. The average molecular weight is 494 g/mol. The van der Waals surface area contributed by atoms with Crippen LogP contribution in [0.4, 0.5) is 0 Å². The van der Waals surface area contributed by atoms with Crippen LogP contribution < -0.4 is 10.3 Å². The Morgan fingerprint density at radius 1 is 1.14 bits per heavy atom. The van der Waals surface area contributed by atoms with Crippen molar-refractivity contribution in [3.05, 3.63) is 76.1 Å². The minimum atomic E-state index is -0.478. The first-order valence-electron chi connectivity index (χ1n) is 11.3. The van der Waals surface area contributed by atoms with Gasteiger partial charge < -0.3 is 19.0 Å². The van der Waals surface area contributed by atoms with Crippen LogP contribution in [0.5, 0.6) is 5.75 Å². The number of nitrogens with zero attached hydrogens (tertiary/aromatic N) is 4. The van der Waals surface area contributed by atoms with Crippen molar-refractivity contribution in [3.8, 4) is 5.75 Å². The Kier molecular flexibility index (Phi) is 7.81. The fourth-order valence-electron chi connectivity index (χ4n) is 3.44. The van der Waals surface area contributed by atoms with E-state index in [9.17, 15) is 9.59 Å². The van der Waals surface area contributed by atoms with Crippen molar-refractivity contribution in [2.24, 2.45) is 5.92 Å². The fourth-order valence-corrected chi connectivity index (χ4v) is 4.30. The quantitative estimate of drug-likeness (QED) is 0.258. The van der Waals surface area contributed by atoms with Crippen molar-refractivity contribution >= 4 is 28.6 Å². The first-order chi connectivity index (χ1) is 16.9. The predicted octanol–water partition coefficient (Wildman–Crippen LogP) is 4.22. The first kappa shape index (κ1) is 24.5. The summed E-state index contributed by atoms with van der Waals surface area (Å²) in [6.45, 7) is 5.40. The van der Waals surface area contributed by atoms with Crippen molar-refractivity contribution in [1.82, 2.24) is 24.7 Å². The lowest BCUT2D eigenvalue weighted by Gasteiger charge is -2.12. The number of rotatable bonds is 10. The number of thioether (sulfide) groups is 1. The molecular weight excluding hydrogens is 466 g/mol. The number of aromatic nitrogens is 5. The molecule has 2 aromatic carbocycles. The second-order valence-electron chi connectivity index (χ2n) is 8.36. The van der Waals surface area contributed by atoms with Gasteiger partial charge in [0.05, 0.1) is 29.3 Å². The lowest BCUT2D eigenvalue weighted by Crippen LogP contribution is -2.13. The van der Waals surface area contributed by atoms with Crippen LogP contribution in [0.1, 0.15) is 42.3 Å². The molecule has 4 rings (SSSR count). The van der Waals surface area contributed by atoms with Gasteiger partial charge in [0.25, 0.3) is 5.56 Å². The lowest BCUT2D eigenvalue weighted by atomic mass is 10.1. The Morgan fingerprint density at radius 3 is 2.69 bits per heavy atom. The second kappa shape index (κ2) is 11.2. The smallest absolute Gasteiger partial charge is 0.337 e. The molecule has 4 aromatic rings. The highest BCUT2D eigenvalue weighted by Crippen LogP contribution is 2.23. The number of benzene rings is 2. The summed E-state index contributed by atoms with van der Waals surface area (Å²) in [6, 6.07) is 14.3. The third-order valence-corrected chi connectivity index (χ3v) is 6.33. The van der Waals surface area contributed by atoms with Crippen molar-refractivity contribution < 1.29 is 14.3 Å². The molecule has 0 saturated carbocycles. The maximum absolute atomic E-state index is 12.6. The number of fused-ring (bicyclic) bond motifs is 1. The van der Waals surface area contributed by atoms with Crippen LogP contribution in [-0.4, -0.2) is 37.8 Å². The van der Waals surface area contributed by atoms with Crippen molar-refractivity contribution in [1.29, 1.82) is 0 Å². The molecule has 0 aliphatic heterocycles. The van der Waals surface area contributed by atoms with Crippen molar-refractivity contribution in [3.63, 3.8) is 0 Å². The zero-order valence-corrected chi connectivity index (χ0v) is 20.7. The van der Waals surface area contributed by atoms with Crippen LogP contribution in [0, 0.1) is 5.92 Å². The second-order valence-corrected chi connectivity index (χ2v) is 9.30. The molecule has 0 atom stereocenters. The highest BCUT2D eigenvalue weighted by Gasteiger charge is 2.16. The minimum Gasteiger partial charge on any atom is -0.486 e. The van der Waals surface area contributed by atoms with Gasteiger partial charge in [-0.15, -0.1) is 10.2 Å². The predicted molar refractivity (Wildman–Crippen MR) is 134 cm³/mol. The highest BCUT2D eigenvalue weighted by atomic mass is 32.2. The van der Waals surface area contributed by atoms with E-state index in [0.29, 0.717) is 40.6 Å². The maximum atomic E-state index is 12.6. The number of hydrogen-bond acceptors (Lipinski definition) is 8. The first-order valence-corrected chi connectivity index (χ1v) is 12.3. The molecular formula is C25H27N5O4S. The van der Waals surface area contributed by atoms with E-state index >= 15 is 0 Å². The number of ether oxygens (including phenoxy) is 2. The molecule has 0 amide bonds. The Morgan fingerprint density at radius 2 is 1.94 bits per heavy atom. The summed E-state index contributed by atoms with van der Waals surface area (Å²) in [5, 5.41) is 9.86. The molecule has 0 fully saturated rings. The molecule has 2 aromatic heterocycles. The third-order valence-electron chi connectivity index (χ3n) is 5.35. The molecule has 0 spiro atoms. The largest absolute Gasteiger partial charge is 0.486 e. The fraction of sp³-hybridized carbons (Fsp3) is 0.320. The van der Waals surface area contributed by atoms with Gasteiger partial charge in [0.15, 0.2) is 11.0 Å². The van der Waals surface area contributed by atoms with Gasteiger partial charge in [-0.05, 0) is 42.7 Å². The highest BCUT2D eigenvalue weighted by molar-refractivity contribution is 7.98. The number of H-pyrrole nitrogens is 1. The van der Waals surface area contributed by atoms with Crippen LogP contribution >= 0.6 is 11.8 Å². The van der Waals surface area contributed by atoms with Crippen LogP contribution in [0.25, 0.3) is 10.9 Å². The Balaban J connectivity index is 1.54. The summed E-state index contributed by atoms with van der Waals surface area (Å²) in [7, 11) is 1.31. The Bertz CT molecular complexity index is 1370. The topological polar surface area (TPSA) is 112 Å². The molecule has 9 nitrogen and oxygen atoms in total. The molecule has 0 radical (unpaired) electrons. The Labute approximate surface area is 206 Å². The van der Waals surface area contributed by atoms with E-state index in [4.69, 9.17) is 9.47 Å². The van der Waals surface area contributed by atoms with E-state index in [0.717, 1.165) is 29.7 Å². The molecule has 2 heterocycles. The zero-order chi connectivity index (χ0) is 24.8. The van der Waals surface area contributed by atoms with Gasteiger partial charge >= 0.3 is 5.97 Å². The number of nitrogens with one attached hydrogen (secondary N) is 1. The summed E-state index contributed by atoms with van der Waals surface area (Å²) in [5.41, 5.74) is 0.513. The van der Waals surface area contributed by atoms with E-state index in [2.05, 4.69) is 38.6 Å². The van der Waals surface area contributed by atoms with Gasteiger partial charge in [0.1, 0.15) is 18.2 Å². The number of aromatic amines is 1. The molecule has 1 N–H and O–H groups in total. The monoisotopic (exact) mass is 493 g/mol. The van der Waals surface area contributed by atoms with Crippen molar-refractivity contribution in [2.75, 3.05) is 7.11 Å². The van der Waals surface area contributed by atoms with Crippen molar-refractivity contribution in [2.45, 2.75) is 44.3 Å². The number of carbonyl (C=O) groups excluding carboxylic acids is 1. The molecule has 35 heavy (non-hydrogen) atoms. The molecule has 0 aliphatic rings. The molecule has 10 heteroatoms. The van der Waals surface area contributed by atoms with Crippen LogP contribution in [0.15, 0.2) is 58.5 Å². The van der Waals surface area contributed by atoms with Gasteiger partial charge in [0, 0.05) is 6.54 Å². The van der Waals surface area contributed by atoms with Gasteiger partial charge in [-0.2, -0.15) is 0 Å². The van der Waals surface area contributed by atoms with E-state index < -0.39 is 5.97 Å². The van der Waals surface area contributed by atoms with E-state index in [-0.39, 0.29) is 5.56 Å². The normalized spacial score (nSPS) is 11.2. The summed E-state index contributed by atoms with van der Waals surface area (Å²) in [4.78, 5) is 31.8. The number of carbonyl (C=O) groups is 1. The van der Waals surface area contributed by atoms with Gasteiger partial charge in [-0.3, -0.25) is 4.79 Å². The average Bonchev–Trinajstić information content (AvgIpc) is 3.26. The standard InChI is InChI=1S/C25H27N5O4S/c1-16(2)11-12-30-22(14-34-18-7-5-4-6-8-18)28-29-25(30)35-15-21-26-20-13-17(24(32)33-3)9-10-19(20)23(31)27-21/h4-10,13,16H,11-12,14-15H2,1-3H3,(H,26,27,31). The zero-order valence-electron chi connectivity index (χ0n) is 19.9. The van der Waals surface area contributed by atoms with E-state index in [1.54, 1.807) is 18.2 Å². The lowest BCUT2D eigenvalue weighted by molar-refractivity contribution is 0.0601. The number of methoxy groups -OCH3 is 1. The number of para-hydroxylation sites is 1. The maximum Gasteiger partial charge on any atom is 0.337 e. The van der Waals surface area contributed by atoms with E-state index in [1.165, 1.54) is 18.9 Å². The molecule has 0 bridgehead atoms. The van der Waals surface area contributed by atoms with Gasteiger partial charge in [-0.25, -0.2) is 9.78 Å². The molecule has 0 aliphatic carbocycles. The van der Waals surface area contributed by atoms with Gasteiger partial charge in [-0.1, -0.05) is 43.8 Å². The van der Waals surface area contributed by atoms with Crippen LogP contribution in [-0.2, 0) is 23.6 Å². The minimum absolute atomic E-state index is 0.264. The third kappa shape index (κ3) is 6.07. The number of hydrogen-bond donors (Lipinski definition) is 1. The Hall–Kier alpha value is -3.66. The molecule has 0 saturated heterocycles. The molecule has 0 unspecified atom stereocenters. The van der Waals surface area contributed by atoms with E-state index in [1.807, 2.05) is 30.3 Å². The van der Waals surface area contributed by atoms with Gasteiger partial charge in [0.2, 0.25) is 0 Å². The summed E-state index contributed by atoms with van der Waals surface area (Å²) in [5.74, 6) is 2.40. The van der Waals surface area contributed by atoms with Crippen LogP contribution in [0.3, 0.4) is 0 Å². The number of esters is 1. The summed E-state index contributed by atoms with van der Waals surface area (Å²) >= 11 is 1.44. The summed E-state index contributed by atoms with van der Waals surface area (Å²) < 4.78 is 12.7.